The molecule has 0 aliphatic heterocycles. The summed E-state index contributed by atoms with van der Waals surface area (Å²) in [5.74, 6) is 0. The Morgan fingerprint density at radius 2 is 1.63 bits per heavy atom. The third-order valence-corrected chi connectivity index (χ3v) is 7.06. The molecular formula is C22H29NO2SSi. The molecular weight excluding hydrogens is 370 g/mol. The summed E-state index contributed by atoms with van der Waals surface area (Å²) in [6, 6.07) is 16.8. The maximum atomic E-state index is 13.5. The minimum absolute atomic E-state index is 0.307. The Kier molecular flexibility index (Phi) is 6.84. The molecule has 0 aliphatic carbocycles. The molecule has 2 aromatic rings. The third-order valence-electron chi connectivity index (χ3n) is 4.05. The van der Waals surface area contributed by atoms with Crippen molar-refractivity contribution in [1.82, 2.24) is 4.31 Å². The van der Waals surface area contributed by atoms with Crippen molar-refractivity contribution in [1.29, 1.82) is 0 Å². The summed E-state index contributed by atoms with van der Waals surface area (Å²) in [6.45, 7) is 12.7. The van der Waals surface area contributed by atoms with Gasteiger partial charge in [-0.15, -0.1) is 6.58 Å². The highest BCUT2D eigenvalue weighted by Gasteiger charge is 2.27. The Labute approximate surface area is 165 Å². The van der Waals surface area contributed by atoms with Crippen molar-refractivity contribution < 1.29 is 8.42 Å². The lowest BCUT2D eigenvalue weighted by molar-refractivity contribution is 0.466. The van der Waals surface area contributed by atoms with Crippen molar-refractivity contribution in [2.75, 3.05) is 0 Å². The zero-order valence-electron chi connectivity index (χ0n) is 16.6. The van der Waals surface area contributed by atoms with Gasteiger partial charge in [-0.25, -0.2) is 8.42 Å². The zero-order chi connectivity index (χ0) is 20.1. The molecule has 0 fully saturated rings. The molecule has 0 aromatic heterocycles. The van der Waals surface area contributed by atoms with Gasteiger partial charge in [0.2, 0.25) is 0 Å². The summed E-state index contributed by atoms with van der Waals surface area (Å²) in [4.78, 5) is 0.314. The first-order valence-electron chi connectivity index (χ1n) is 9.09. The van der Waals surface area contributed by atoms with Crippen LogP contribution >= 0.6 is 0 Å². The molecule has 2 aromatic carbocycles. The molecule has 0 spiro atoms. The van der Waals surface area contributed by atoms with E-state index in [0.29, 0.717) is 17.9 Å². The summed E-state index contributed by atoms with van der Waals surface area (Å²) in [7, 11) is -5.31. The van der Waals surface area contributed by atoms with Gasteiger partial charge in [0, 0.05) is 12.1 Å². The fraction of sp³-hybridized carbons (Fsp3) is 0.273. The maximum Gasteiger partial charge on any atom is 0.264 e. The van der Waals surface area contributed by atoms with Crippen molar-refractivity contribution in [3.05, 3.63) is 89.8 Å². The van der Waals surface area contributed by atoms with E-state index in [0.717, 1.165) is 16.8 Å². The van der Waals surface area contributed by atoms with E-state index in [9.17, 15) is 8.42 Å². The first-order chi connectivity index (χ1) is 12.6. The molecule has 0 bridgehead atoms. The fourth-order valence-electron chi connectivity index (χ4n) is 2.81. The Hall–Kier alpha value is -2.11. The first-order valence-corrected chi connectivity index (χ1v) is 14.1. The molecule has 0 heterocycles. The van der Waals surface area contributed by atoms with E-state index < -0.39 is 18.1 Å². The van der Waals surface area contributed by atoms with Crippen molar-refractivity contribution in [3.63, 3.8) is 0 Å². The normalized spacial score (nSPS) is 12.7. The summed E-state index contributed by atoms with van der Waals surface area (Å²) in [5, 5.41) is 0. The van der Waals surface area contributed by atoms with Crippen molar-refractivity contribution in [3.8, 4) is 0 Å². The Morgan fingerprint density at radius 1 is 1.04 bits per heavy atom. The topological polar surface area (TPSA) is 37.4 Å². The second kappa shape index (κ2) is 8.72. The number of rotatable bonds is 8. The lowest BCUT2D eigenvalue weighted by Gasteiger charge is -2.29. The lowest BCUT2D eigenvalue weighted by atomic mass is 10.2. The molecule has 27 heavy (non-hydrogen) atoms. The molecule has 0 radical (unpaired) electrons. The van der Waals surface area contributed by atoms with E-state index in [2.05, 4.69) is 31.9 Å². The third kappa shape index (κ3) is 5.94. The number of sulfonamides is 1. The molecule has 0 amide bonds. The monoisotopic (exact) mass is 399 g/mol. The van der Waals surface area contributed by atoms with Crippen LogP contribution in [-0.4, -0.2) is 20.8 Å². The predicted octanol–water partition coefficient (Wildman–Crippen LogP) is 5.52. The number of hydrogen-bond donors (Lipinski definition) is 0. The van der Waals surface area contributed by atoms with Crippen LogP contribution in [0.25, 0.3) is 0 Å². The van der Waals surface area contributed by atoms with Gasteiger partial charge >= 0.3 is 0 Å². The number of hydrogen-bond acceptors (Lipinski definition) is 2. The van der Waals surface area contributed by atoms with Crippen LogP contribution in [0.5, 0.6) is 0 Å². The molecule has 2 rings (SSSR count). The van der Waals surface area contributed by atoms with E-state index >= 15 is 0 Å². The average molecular weight is 400 g/mol. The van der Waals surface area contributed by atoms with Crippen LogP contribution in [0, 0.1) is 6.92 Å². The van der Waals surface area contributed by atoms with Crippen molar-refractivity contribution in [2.24, 2.45) is 0 Å². The van der Waals surface area contributed by atoms with Gasteiger partial charge < -0.3 is 0 Å². The Morgan fingerprint density at radius 3 is 2.15 bits per heavy atom. The molecule has 0 aliphatic rings. The predicted molar refractivity (Wildman–Crippen MR) is 117 cm³/mol. The summed E-state index contributed by atoms with van der Waals surface area (Å²) >= 11 is 0. The highest BCUT2D eigenvalue weighted by atomic mass is 32.2. The van der Waals surface area contributed by atoms with Gasteiger partial charge in [0.1, 0.15) is 0 Å². The molecule has 3 nitrogen and oxygen atoms in total. The summed E-state index contributed by atoms with van der Waals surface area (Å²) in [5.41, 5.74) is 4.95. The molecule has 0 atom stereocenters. The minimum Gasteiger partial charge on any atom is -0.266 e. The summed E-state index contributed by atoms with van der Waals surface area (Å²) in [6.07, 6.45) is 2.29. The maximum absolute atomic E-state index is 13.5. The van der Waals surface area contributed by atoms with Crippen LogP contribution < -0.4 is 0 Å². The minimum atomic E-state index is -3.67. The van der Waals surface area contributed by atoms with Gasteiger partial charge in [-0.1, -0.05) is 79.4 Å². The van der Waals surface area contributed by atoms with Crippen molar-refractivity contribution in [2.45, 2.75) is 44.4 Å². The van der Waals surface area contributed by atoms with E-state index in [1.807, 2.05) is 49.4 Å². The highest BCUT2D eigenvalue weighted by molar-refractivity contribution is 7.89. The Balaban J connectivity index is 2.58. The van der Waals surface area contributed by atoms with Gasteiger partial charge in [0.05, 0.1) is 19.5 Å². The quantitative estimate of drug-likeness (QED) is 0.433. The van der Waals surface area contributed by atoms with Gasteiger partial charge in [-0.3, -0.25) is 4.31 Å². The van der Waals surface area contributed by atoms with Crippen LogP contribution in [0.2, 0.25) is 19.6 Å². The van der Waals surface area contributed by atoms with Crippen LogP contribution in [0.1, 0.15) is 17.5 Å². The van der Waals surface area contributed by atoms with E-state index in [4.69, 9.17) is 0 Å². The van der Waals surface area contributed by atoms with E-state index in [-0.39, 0.29) is 0 Å². The molecule has 0 N–H and O–H groups in total. The van der Waals surface area contributed by atoms with Crippen LogP contribution in [-0.2, 0) is 16.6 Å². The second-order valence-electron chi connectivity index (χ2n) is 7.80. The highest BCUT2D eigenvalue weighted by Crippen LogP contribution is 2.27. The molecule has 144 valence electrons. The van der Waals surface area contributed by atoms with Crippen LogP contribution in [0.4, 0.5) is 0 Å². The van der Waals surface area contributed by atoms with Gasteiger partial charge in [-0.05, 0) is 24.6 Å². The molecule has 0 saturated carbocycles. The molecule has 5 heteroatoms. The SMILES string of the molecule is C=CC/C(=C\[Si](C)(C)C)N(Cc1ccccc1)S(=O)(=O)c1ccc(C)cc1. The number of nitrogens with zero attached hydrogens (tertiary/aromatic N) is 1. The van der Waals surface area contributed by atoms with Gasteiger partial charge in [0.25, 0.3) is 10.0 Å². The molecule has 0 saturated heterocycles. The standard InChI is InChI=1S/C22H29NO2SSi/c1-6-10-21(18-27(3,4)5)23(17-20-11-8-7-9-12-20)26(24,25)22-15-13-19(2)14-16-22/h6-9,11-16,18H,1,10,17H2,2-5H3/b21-18+. The second-order valence-corrected chi connectivity index (χ2v) is 14.7. The summed E-state index contributed by atoms with van der Waals surface area (Å²) < 4.78 is 28.6. The largest absolute Gasteiger partial charge is 0.266 e. The number of benzene rings is 2. The first kappa shape index (κ1) is 21.2. The van der Waals surface area contributed by atoms with Crippen LogP contribution in [0.15, 0.2) is 83.5 Å². The van der Waals surface area contributed by atoms with Gasteiger partial charge in [-0.2, -0.15) is 0 Å². The smallest absolute Gasteiger partial charge is 0.264 e. The number of allylic oxidation sites excluding steroid dienone is 1. The zero-order valence-corrected chi connectivity index (χ0v) is 18.5. The Bertz CT molecular complexity index is 896. The van der Waals surface area contributed by atoms with E-state index in [1.54, 1.807) is 22.5 Å². The molecule has 0 unspecified atom stereocenters. The van der Waals surface area contributed by atoms with Crippen molar-refractivity contribution >= 4 is 18.1 Å². The average Bonchev–Trinajstić information content (AvgIpc) is 2.59. The number of aryl methyl sites for hydroxylation is 1. The fourth-order valence-corrected chi connectivity index (χ4v) is 5.66. The van der Waals surface area contributed by atoms with Crippen LogP contribution in [0.3, 0.4) is 0 Å². The van der Waals surface area contributed by atoms with Gasteiger partial charge in [0.15, 0.2) is 0 Å². The van der Waals surface area contributed by atoms with E-state index in [1.165, 1.54) is 0 Å². The lowest BCUT2D eigenvalue weighted by Crippen LogP contribution is -2.32.